The van der Waals surface area contributed by atoms with Crippen molar-refractivity contribution in [1.29, 1.82) is 0 Å². The Kier molecular flexibility index (Phi) is 7.93. The Labute approximate surface area is 225 Å². The molecule has 1 aliphatic rings. The van der Waals surface area contributed by atoms with Crippen LogP contribution in [0.25, 0.3) is 28.2 Å². The highest BCUT2D eigenvalue weighted by Crippen LogP contribution is 2.33. The average Bonchev–Trinajstić information content (AvgIpc) is 2.79. The van der Waals surface area contributed by atoms with Gasteiger partial charge < -0.3 is 14.2 Å². The minimum Gasteiger partial charge on any atom is -0.460 e. The summed E-state index contributed by atoms with van der Waals surface area (Å²) in [6, 6.07) is 9.50. The number of ether oxygens (including phenoxy) is 3. The zero-order valence-corrected chi connectivity index (χ0v) is 22.7. The first kappa shape index (κ1) is 28.1. The van der Waals surface area contributed by atoms with E-state index >= 15 is 0 Å². The number of rotatable bonds is 5. The Morgan fingerprint density at radius 3 is 2.47 bits per heavy atom. The van der Waals surface area contributed by atoms with Crippen molar-refractivity contribution >= 4 is 35.6 Å². The Hall–Kier alpha value is -2.88. The van der Waals surface area contributed by atoms with Gasteiger partial charge in [0.25, 0.3) is 0 Å². The van der Waals surface area contributed by atoms with E-state index in [0.29, 0.717) is 23.2 Å². The molecule has 2 atom stereocenters. The fourth-order valence-electron chi connectivity index (χ4n) is 4.39. The molecule has 0 amide bonds. The summed E-state index contributed by atoms with van der Waals surface area (Å²) in [4.78, 5) is 17.5. The second-order valence-electron chi connectivity index (χ2n) is 10.7. The number of benzene rings is 2. The van der Waals surface area contributed by atoms with E-state index in [4.69, 9.17) is 14.2 Å². The summed E-state index contributed by atoms with van der Waals surface area (Å²) in [6.45, 7) is 8.93. The molecular weight excluding hydrogens is 515 g/mol. The molecule has 38 heavy (non-hydrogen) atoms. The molecular formula is C29H30F3NO4S. The molecule has 1 aliphatic heterocycles. The zero-order valence-electron chi connectivity index (χ0n) is 21.8. The van der Waals surface area contributed by atoms with Crippen molar-refractivity contribution in [2.45, 2.75) is 76.0 Å². The van der Waals surface area contributed by atoms with E-state index in [2.05, 4.69) is 17.6 Å². The molecule has 4 rings (SSSR count). The lowest BCUT2D eigenvalue weighted by atomic mass is 10.00. The van der Waals surface area contributed by atoms with Crippen molar-refractivity contribution in [3.8, 4) is 11.3 Å². The fourth-order valence-corrected chi connectivity index (χ4v) is 4.54. The van der Waals surface area contributed by atoms with Crippen LogP contribution >= 0.6 is 12.6 Å². The summed E-state index contributed by atoms with van der Waals surface area (Å²) in [6.07, 6.45) is 3.12. The van der Waals surface area contributed by atoms with E-state index in [1.165, 1.54) is 0 Å². The third-order valence-corrected chi connectivity index (χ3v) is 6.10. The second kappa shape index (κ2) is 10.7. The first-order chi connectivity index (χ1) is 17.7. The lowest BCUT2D eigenvalue weighted by Crippen LogP contribution is -2.45. The number of halogens is 3. The number of pyridine rings is 1. The monoisotopic (exact) mass is 545 g/mol. The molecule has 0 bridgehead atoms. The fraction of sp³-hybridized carbons (Fsp3) is 0.379. The van der Waals surface area contributed by atoms with Crippen LogP contribution in [0.2, 0.25) is 0 Å². The molecule has 2 aromatic carbocycles. The molecule has 1 aromatic heterocycles. The smallest absolute Gasteiger partial charge is 0.308 e. The number of hydrogen-bond donors (Lipinski definition) is 1. The van der Waals surface area contributed by atoms with Crippen LogP contribution < -0.4 is 0 Å². The van der Waals surface area contributed by atoms with Crippen molar-refractivity contribution in [2.24, 2.45) is 0 Å². The maximum absolute atomic E-state index is 14.6. The third-order valence-electron chi connectivity index (χ3n) is 5.80. The van der Waals surface area contributed by atoms with Crippen LogP contribution in [-0.2, 0) is 19.0 Å². The van der Waals surface area contributed by atoms with Crippen molar-refractivity contribution in [2.75, 3.05) is 0 Å². The highest BCUT2D eigenvalue weighted by molar-refractivity contribution is 7.80. The van der Waals surface area contributed by atoms with E-state index in [1.807, 2.05) is 0 Å². The SMILES string of the molecule is CC(C)(C)OC(=O)C[C@H]1C[C@@H](C=Cc2cc3cc(F)c(F)c(F)c3nc2-c2ccc(S)cc2)OC(C)(C)O1. The normalized spacial score (nSPS) is 19.7. The lowest BCUT2D eigenvalue weighted by molar-refractivity contribution is -0.290. The van der Waals surface area contributed by atoms with Crippen molar-refractivity contribution in [3.05, 3.63) is 65.5 Å². The highest BCUT2D eigenvalue weighted by Gasteiger charge is 2.36. The van der Waals surface area contributed by atoms with Crippen LogP contribution in [0.1, 0.15) is 53.0 Å². The van der Waals surface area contributed by atoms with Gasteiger partial charge in [-0.3, -0.25) is 4.79 Å². The maximum Gasteiger partial charge on any atom is 0.308 e. The molecule has 0 radical (unpaired) electrons. The van der Waals surface area contributed by atoms with E-state index in [1.54, 1.807) is 77.1 Å². The van der Waals surface area contributed by atoms with Crippen LogP contribution in [0, 0.1) is 17.5 Å². The van der Waals surface area contributed by atoms with E-state index in [0.717, 1.165) is 11.0 Å². The van der Waals surface area contributed by atoms with E-state index < -0.39 is 41.0 Å². The number of nitrogens with zero attached hydrogens (tertiary/aromatic N) is 1. The Morgan fingerprint density at radius 1 is 1.13 bits per heavy atom. The Bertz CT molecular complexity index is 1380. The number of carbonyl (C=O) groups excluding carboxylic acids is 1. The van der Waals surface area contributed by atoms with Gasteiger partial charge in [-0.2, -0.15) is 0 Å². The van der Waals surface area contributed by atoms with Gasteiger partial charge in [0.2, 0.25) is 0 Å². The number of carbonyl (C=O) groups is 1. The van der Waals surface area contributed by atoms with Crippen molar-refractivity contribution < 1.29 is 32.2 Å². The zero-order chi connectivity index (χ0) is 27.8. The van der Waals surface area contributed by atoms with Gasteiger partial charge in [-0.15, -0.1) is 12.6 Å². The molecule has 0 unspecified atom stereocenters. The van der Waals surface area contributed by atoms with Crippen molar-refractivity contribution in [3.63, 3.8) is 0 Å². The predicted octanol–water partition coefficient (Wildman–Crippen LogP) is 7.26. The topological polar surface area (TPSA) is 57.7 Å². The molecule has 0 saturated carbocycles. The van der Waals surface area contributed by atoms with Crippen LogP contribution in [0.15, 0.2) is 47.4 Å². The summed E-state index contributed by atoms with van der Waals surface area (Å²) in [5.41, 5.74) is 0.690. The third kappa shape index (κ3) is 6.76. The quantitative estimate of drug-likeness (QED) is 0.208. The summed E-state index contributed by atoms with van der Waals surface area (Å²) < 4.78 is 59.9. The molecule has 3 aromatic rings. The van der Waals surface area contributed by atoms with Gasteiger partial charge in [0.1, 0.15) is 11.1 Å². The molecule has 1 fully saturated rings. The van der Waals surface area contributed by atoms with Crippen molar-refractivity contribution in [1.82, 2.24) is 4.98 Å². The Morgan fingerprint density at radius 2 is 1.82 bits per heavy atom. The first-order valence-corrected chi connectivity index (χ1v) is 12.7. The van der Waals surface area contributed by atoms with E-state index in [9.17, 15) is 18.0 Å². The highest BCUT2D eigenvalue weighted by atomic mass is 32.1. The molecule has 0 N–H and O–H groups in total. The summed E-state index contributed by atoms with van der Waals surface area (Å²) in [5.74, 6) is -5.54. The summed E-state index contributed by atoms with van der Waals surface area (Å²) >= 11 is 4.30. The van der Waals surface area contributed by atoms with Gasteiger partial charge in [-0.25, -0.2) is 18.2 Å². The summed E-state index contributed by atoms with van der Waals surface area (Å²) in [7, 11) is 0. The summed E-state index contributed by atoms with van der Waals surface area (Å²) in [5, 5.41) is 0.117. The van der Waals surface area contributed by atoms with Gasteiger partial charge in [-0.05, 0) is 58.9 Å². The van der Waals surface area contributed by atoms with Crippen LogP contribution in [-0.4, -0.2) is 34.5 Å². The molecule has 2 heterocycles. The minimum absolute atomic E-state index is 0.0668. The second-order valence-corrected chi connectivity index (χ2v) is 11.2. The number of hydrogen-bond acceptors (Lipinski definition) is 6. The number of fused-ring (bicyclic) bond motifs is 1. The largest absolute Gasteiger partial charge is 0.460 e. The molecule has 9 heteroatoms. The molecule has 0 aliphatic carbocycles. The minimum atomic E-state index is -1.57. The standard InChI is InChI=1S/C29H30F3NO4S/c1-28(2,3)37-23(34)15-20-14-19(35-29(4,5)36-20)9-6-17-12-18-13-22(30)24(31)25(32)27(18)33-26(17)16-7-10-21(38)11-8-16/h6-13,19-20,38H,14-15H2,1-5H3/t19-,20-/m1/s1. The van der Waals surface area contributed by atoms with Gasteiger partial charge in [0.15, 0.2) is 23.2 Å². The lowest BCUT2D eigenvalue weighted by Gasteiger charge is -2.39. The van der Waals surface area contributed by atoms with Gasteiger partial charge >= 0.3 is 5.97 Å². The Balaban J connectivity index is 1.68. The van der Waals surface area contributed by atoms with Gasteiger partial charge in [0, 0.05) is 27.8 Å². The maximum atomic E-state index is 14.6. The predicted molar refractivity (Wildman–Crippen MR) is 142 cm³/mol. The van der Waals surface area contributed by atoms with E-state index in [-0.39, 0.29) is 23.3 Å². The molecule has 5 nitrogen and oxygen atoms in total. The van der Waals surface area contributed by atoms with Gasteiger partial charge in [-0.1, -0.05) is 24.3 Å². The van der Waals surface area contributed by atoms with Crippen LogP contribution in [0.5, 0.6) is 0 Å². The number of aromatic nitrogens is 1. The molecule has 202 valence electrons. The molecule has 1 saturated heterocycles. The average molecular weight is 546 g/mol. The van der Waals surface area contributed by atoms with Crippen LogP contribution in [0.3, 0.4) is 0 Å². The number of esters is 1. The number of thiol groups is 1. The molecule has 0 spiro atoms. The van der Waals surface area contributed by atoms with Crippen LogP contribution in [0.4, 0.5) is 13.2 Å². The first-order valence-electron chi connectivity index (χ1n) is 12.2. The van der Waals surface area contributed by atoms with Gasteiger partial charge in [0.05, 0.1) is 24.3 Å².